The number of hydrogen-bond donors (Lipinski definition) is 0. The first kappa shape index (κ1) is 12.9. The molecule has 3 heteroatoms. The van der Waals surface area contributed by atoms with Crippen LogP contribution in [0.5, 0.6) is 5.75 Å². The highest BCUT2D eigenvalue weighted by Crippen LogP contribution is 2.24. The number of hydrogen-bond acceptors (Lipinski definition) is 2. The van der Waals surface area contributed by atoms with Gasteiger partial charge in [-0.1, -0.05) is 18.6 Å². The molecule has 1 fully saturated rings. The van der Waals surface area contributed by atoms with Crippen LogP contribution in [0.4, 0.5) is 0 Å². The van der Waals surface area contributed by atoms with E-state index in [2.05, 4.69) is 27.9 Å². The first-order chi connectivity index (χ1) is 8.27. The molecular weight excluding hydrogens is 278 g/mol. The number of rotatable bonds is 4. The monoisotopic (exact) mass is 297 g/mol. The summed E-state index contributed by atoms with van der Waals surface area (Å²) in [4.78, 5) is 2.47. The number of benzene rings is 1. The molecule has 2 nitrogen and oxygen atoms in total. The van der Waals surface area contributed by atoms with Gasteiger partial charge in [0.1, 0.15) is 5.75 Å². The summed E-state index contributed by atoms with van der Waals surface area (Å²) in [5, 5.41) is 0. The number of likely N-dealkylation sites (tertiary alicyclic amines) is 1. The van der Waals surface area contributed by atoms with Crippen LogP contribution in [0.2, 0.25) is 0 Å². The lowest BCUT2D eigenvalue weighted by Gasteiger charge is -2.32. The summed E-state index contributed by atoms with van der Waals surface area (Å²) in [5.41, 5.74) is 0. The highest BCUT2D eigenvalue weighted by atomic mass is 79.9. The minimum absolute atomic E-state index is 0.700. The maximum absolute atomic E-state index is 5.81. The van der Waals surface area contributed by atoms with E-state index in [4.69, 9.17) is 4.74 Å². The number of nitrogens with zero attached hydrogens (tertiary/aromatic N) is 1. The summed E-state index contributed by atoms with van der Waals surface area (Å²) >= 11 is 3.50. The maximum atomic E-state index is 5.81. The molecule has 1 aromatic carbocycles. The second kappa shape index (κ2) is 6.41. The number of halogens is 1. The average molecular weight is 298 g/mol. The van der Waals surface area contributed by atoms with Crippen LogP contribution < -0.4 is 4.74 Å². The van der Waals surface area contributed by atoms with Crippen LogP contribution >= 0.6 is 15.9 Å². The Morgan fingerprint density at radius 3 is 2.94 bits per heavy atom. The molecule has 0 aromatic heterocycles. The number of para-hydroxylation sites is 1. The van der Waals surface area contributed by atoms with Crippen molar-refractivity contribution in [2.24, 2.45) is 0 Å². The Hall–Kier alpha value is -0.540. The molecule has 2 rings (SSSR count). The zero-order valence-corrected chi connectivity index (χ0v) is 11.9. The Labute approximate surface area is 112 Å². The van der Waals surface area contributed by atoms with Crippen molar-refractivity contribution in [3.8, 4) is 5.75 Å². The summed E-state index contributed by atoms with van der Waals surface area (Å²) in [7, 11) is 2.22. The van der Waals surface area contributed by atoms with E-state index in [1.54, 1.807) is 0 Å². The van der Waals surface area contributed by atoms with E-state index in [1.807, 2.05) is 24.3 Å². The molecule has 0 bridgehead atoms. The molecule has 0 amide bonds. The van der Waals surface area contributed by atoms with Crippen LogP contribution in [-0.4, -0.2) is 31.1 Å². The van der Waals surface area contributed by atoms with Crippen LogP contribution in [0.3, 0.4) is 0 Å². The van der Waals surface area contributed by atoms with E-state index in [0.29, 0.717) is 6.04 Å². The summed E-state index contributed by atoms with van der Waals surface area (Å²) in [6, 6.07) is 8.74. The quantitative estimate of drug-likeness (QED) is 0.840. The highest BCUT2D eigenvalue weighted by molar-refractivity contribution is 9.10. The molecule has 0 radical (unpaired) electrons. The molecule has 0 N–H and O–H groups in total. The van der Waals surface area contributed by atoms with Crippen LogP contribution in [0.25, 0.3) is 0 Å². The number of ether oxygens (including phenoxy) is 1. The summed E-state index contributed by atoms with van der Waals surface area (Å²) < 4.78 is 6.85. The maximum Gasteiger partial charge on any atom is 0.133 e. The van der Waals surface area contributed by atoms with Crippen LogP contribution in [0.15, 0.2) is 28.7 Å². The molecule has 0 aliphatic carbocycles. The fourth-order valence-corrected chi connectivity index (χ4v) is 2.77. The summed E-state index contributed by atoms with van der Waals surface area (Å²) in [5.74, 6) is 0.950. The lowest BCUT2D eigenvalue weighted by atomic mass is 10.0. The highest BCUT2D eigenvalue weighted by Gasteiger charge is 2.18. The fraction of sp³-hybridized carbons (Fsp3) is 0.571. The van der Waals surface area contributed by atoms with Crippen molar-refractivity contribution in [1.29, 1.82) is 0 Å². The standard InChI is InChI=1S/C14H20BrNO/c1-16-10-5-4-6-12(16)9-11-17-14-8-3-2-7-13(14)15/h2-3,7-8,12H,4-6,9-11H2,1H3. The topological polar surface area (TPSA) is 12.5 Å². The Morgan fingerprint density at radius 1 is 1.35 bits per heavy atom. The predicted octanol–water partition coefficient (Wildman–Crippen LogP) is 3.70. The molecule has 1 heterocycles. The van der Waals surface area contributed by atoms with E-state index in [-0.39, 0.29) is 0 Å². The van der Waals surface area contributed by atoms with Crippen LogP contribution in [-0.2, 0) is 0 Å². The fourth-order valence-electron chi connectivity index (χ4n) is 2.38. The van der Waals surface area contributed by atoms with Crippen molar-refractivity contribution in [2.75, 3.05) is 20.2 Å². The molecule has 0 saturated carbocycles. The third kappa shape index (κ3) is 3.71. The normalized spacial score (nSPS) is 21.4. The third-order valence-electron chi connectivity index (χ3n) is 3.47. The largest absolute Gasteiger partial charge is 0.492 e. The predicted molar refractivity (Wildman–Crippen MR) is 74.5 cm³/mol. The van der Waals surface area contributed by atoms with Gasteiger partial charge < -0.3 is 9.64 Å². The lowest BCUT2D eigenvalue weighted by molar-refractivity contribution is 0.153. The van der Waals surface area contributed by atoms with Crippen molar-refractivity contribution in [2.45, 2.75) is 31.7 Å². The van der Waals surface area contributed by atoms with Crippen molar-refractivity contribution in [1.82, 2.24) is 4.90 Å². The minimum atomic E-state index is 0.700. The van der Waals surface area contributed by atoms with E-state index < -0.39 is 0 Å². The van der Waals surface area contributed by atoms with Gasteiger partial charge >= 0.3 is 0 Å². The van der Waals surface area contributed by atoms with Gasteiger partial charge in [-0.15, -0.1) is 0 Å². The Bertz CT molecular complexity index is 356. The van der Waals surface area contributed by atoms with Gasteiger partial charge in [-0.05, 0) is 60.9 Å². The van der Waals surface area contributed by atoms with E-state index in [9.17, 15) is 0 Å². The van der Waals surface area contributed by atoms with Crippen molar-refractivity contribution in [3.05, 3.63) is 28.7 Å². The van der Waals surface area contributed by atoms with Crippen molar-refractivity contribution in [3.63, 3.8) is 0 Å². The average Bonchev–Trinajstić information content (AvgIpc) is 2.34. The molecule has 1 atom stereocenters. The summed E-state index contributed by atoms with van der Waals surface area (Å²) in [6.45, 7) is 2.04. The van der Waals surface area contributed by atoms with Crippen LogP contribution in [0.1, 0.15) is 25.7 Å². The zero-order chi connectivity index (χ0) is 12.1. The first-order valence-electron chi connectivity index (χ1n) is 6.35. The van der Waals surface area contributed by atoms with Crippen LogP contribution in [0, 0.1) is 0 Å². The SMILES string of the molecule is CN1CCCCC1CCOc1ccccc1Br. The smallest absolute Gasteiger partial charge is 0.133 e. The molecule has 17 heavy (non-hydrogen) atoms. The molecular formula is C14H20BrNO. The van der Waals surface area contributed by atoms with Gasteiger partial charge in [-0.25, -0.2) is 0 Å². The second-order valence-corrected chi connectivity index (χ2v) is 5.55. The minimum Gasteiger partial charge on any atom is -0.492 e. The van der Waals surface area contributed by atoms with Gasteiger partial charge in [-0.2, -0.15) is 0 Å². The Balaban J connectivity index is 1.77. The number of piperidine rings is 1. The van der Waals surface area contributed by atoms with Crippen molar-refractivity contribution >= 4 is 15.9 Å². The zero-order valence-electron chi connectivity index (χ0n) is 10.4. The van der Waals surface area contributed by atoms with Gasteiger partial charge in [0.05, 0.1) is 11.1 Å². The van der Waals surface area contributed by atoms with Gasteiger partial charge in [-0.3, -0.25) is 0 Å². The summed E-state index contributed by atoms with van der Waals surface area (Å²) in [6.07, 6.45) is 5.15. The Morgan fingerprint density at radius 2 is 2.18 bits per heavy atom. The van der Waals surface area contributed by atoms with E-state index in [1.165, 1.54) is 25.8 Å². The molecule has 0 spiro atoms. The van der Waals surface area contributed by atoms with Crippen molar-refractivity contribution < 1.29 is 4.74 Å². The van der Waals surface area contributed by atoms with E-state index >= 15 is 0 Å². The van der Waals surface area contributed by atoms with Gasteiger partial charge in [0.2, 0.25) is 0 Å². The third-order valence-corrected chi connectivity index (χ3v) is 4.12. The first-order valence-corrected chi connectivity index (χ1v) is 7.14. The second-order valence-electron chi connectivity index (χ2n) is 4.70. The van der Waals surface area contributed by atoms with Gasteiger partial charge in [0.15, 0.2) is 0 Å². The molecule has 1 saturated heterocycles. The molecule has 1 aromatic rings. The molecule has 1 aliphatic rings. The molecule has 1 aliphatic heterocycles. The van der Waals surface area contributed by atoms with E-state index in [0.717, 1.165) is 23.2 Å². The molecule has 94 valence electrons. The van der Waals surface area contributed by atoms with Gasteiger partial charge in [0.25, 0.3) is 0 Å². The lowest BCUT2D eigenvalue weighted by Crippen LogP contribution is -2.37. The molecule has 1 unspecified atom stereocenters. The van der Waals surface area contributed by atoms with Gasteiger partial charge in [0, 0.05) is 6.04 Å². The Kier molecular flexibility index (Phi) is 4.86.